The second kappa shape index (κ2) is 7.42. The number of carbonyl (C=O) groups excluding carboxylic acids is 2. The molecule has 0 spiro atoms. The fourth-order valence-corrected chi connectivity index (χ4v) is 3.61. The number of ether oxygens (including phenoxy) is 1. The van der Waals surface area contributed by atoms with Gasteiger partial charge in [-0.25, -0.2) is 19.7 Å². The molecule has 0 fully saturated rings. The van der Waals surface area contributed by atoms with Gasteiger partial charge >= 0.3 is 6.09 Å². The van der Waals surface area contributed by atoms with Gasteiger partial charge in [0.1, 0.15) is 5.60 Å². The molecule has 0 unspecified atom stereocenters. The second-order valence-electron chi connectivity index (χ2n) is 8.34. The summed E-state index contributed by atoms with van der Waals surface area (Å²) >= 11 is 0. The third-order valence-corrected chi connectivity index (χ3v) is 4.84. The van der Waals surface area contributed by atoms with E-state index >= 15 is 0 Å². The fourth-order valence-electron chi connectivity index (χ4n) is 3.61. The van der Waals surface area contributed by atoms with Gasteiger partial charge in [0.2, 0.25) is 5.95 Å². The monoisotopic (exact) mass is 420 g/mol. The SMILES string of the molecule is CC(C)(C)OC(=O)N1CCc2[nH]c(-c3ccnc(N)n3)c(-c3cccc(N)c3)c2C1=O. The Morgan fingerprint density at radius 1 is 1.19 bits per heavy atom. The highest BCUT2D eigenvalue weighted by molar-refractivity contribution is 6.11. The standard InChI is InChI=1S/C22H24N6O3/c1-22(2,3)31-21(30)28-10-8-14-17(19(28)29)16(12-5-4-6-13(23)11-12)18(26-14)15-7-9-25-20(24)27-15/h4-7,9,11,26H,8,10,23H2,1-3H3,(H2,24,25,27). The molecule has 3 heterocycles. The number of nitrogens with two attached hydrogens (primary N) is 2. The molecule has 0 atom stereocenters. The Morgan fingerprint density at radius 2 is 1.97 bits per heavy atom. The molecule has 9 nitrogen and oxygen atoms in total. The molecular weight excluding hydrogens is 396 g/mol. The van der Waals surface area contributed by atoms with Crippen molar-refractivity contribution in [1.29, 1.82) is 0 Å². The summed E-state index contributed by atoms with van der Waals surface area (Å²) in [5, 5.41) is 0. The Kier molecular flexibility index (Phi) is 4.88. The number of imide groups is 1. The van der Waals surface area contributed by atoms with Gasteiger partial charge in [0.15, 0.2) is 0 Å². The van der Waals surface area contributed by atoms with E-state index in [9.17, 15) is 9.59 Å². The van der Waals surface area contributed by atoms with Gasteiger partial charge in [-0.2, -0.15) is 0 Å². The van der Waals surface area contributed by atoms with Crippen LogP contribution in [0.4, 0.5) is 16.4 Å². The van der Waals surface area contributed by atoms with E-state index in [-0.39, 0.29) is 12.5 Å². The minimum atomic E-state index is -0.712. The van der Waals surface area contributed by atoms with Crippen molar-refractivity contribution in [2.75, 3.05) is 18.0 Å². The third-order valence-electron chi connectivity index (χ3n) is 4.84. The summed E-state index contributed by atoms with van der Waals surface area (Å²) in [5.41, 5.74) is 15.2. The first-order chi connectivity index (χ1) is 14.6. The molecule has 160 valence electrons. The van der Waals surface area contributed by atoms with Gasteiger partial charge in [-0.15, -0.1) is 0 Å². The average molecular weight is 420 g/mol. The van der Waals surface area contributed by atoms with Crippen molar-refractivity contribution in [3.05, 3.63) is 47.8 Å². The molecule has 0 aliphatic carbocycles. The largest absolute Gasteiger partial charge is 0.443 e. The lowest BCUT2D eigenvalue weighted by atomic mass is 9.95. The first kappa shape index (κ1) is 20.4. The van der Waals surface area contributed by atoms with E-state index in [1.165, 1.54) is 0 Å². The van der Waals surface area contributed by atoms with Crippen LogP contribution in [0.15, 0.2) is 36.5 Å². The van der Waals surface area contributed by atoms with Crippen LogP contribution in [0.1, 0.15) is 36.8 Å². The number of nitrogens with zero attached hydrogens (tertiary/aromatic N) is 3. The molecule has 0 bridgehead atoms. The highest BCUT2D eigenvalue weighted by Gasteiger charge is 2.37. The molecule has 31 heavy (non-hydrogen) atoms. The van der Waals surface area contributed by atoms with E-state index in [2.05, 4.69) is 15.0 Å². The van der Waals surface area contributed by atoms with E-state index in [1.54, 1.807) is 51.2 Å². The second-order valence-corrected chi connectivity index (χ2v) is 8.34. The number of fused-ring (bicyclic) bond motifs is 1. The number of rotatable bonds is 2. The zero-order valence-corrected chi connectivity index (χ0v) is 17.6. The summed E-state index contributed by atoms with van der Waals surface area (Å²) in [6.45, 7) is 5.49. The number of nitrogen functional groups attached to an aromatic ring is 2. The maximum Gasteiger partial charge on any atom is 0.417 e. The van der Waals surface area contributed by atoms with Gasteiger partial charge in [0.25, 0.3) is 5.91 Å². The molecule has 9 heteroatoms. The summed E-state index contributed by atoms with van der Waals surface area (Å²) < 4.78 is 5.43. The molecule has 4 rings (SSSR count). The van der Waals surface area contributed by atoms with E-state index in [0.717, 1.165) is 16.2 Å². The van der Waals surface area contributed by atoms with Crippen LogP contribution in [0.25, 0.3) is 22.5 Å². The van der Waals surface area contributed by atoms with E-state index in [0.29, 0.717) is 34.6 Å². The molecule has 2 aromatic heterocycles. The van der Waals surface area contributed by atoms with Crippen LogP contribution in [0, 0.1) is 0 Å². The summed E-state index contributed by atoms with van der Waals surface area (Å²) in [6.07, 6.45) is 1.33. The number of hydrogen-bond donors (Lipinski definition) is 3. The van der Waals surface area contributed by atoms with Gasteiger partial charge in [-0.3, -0.25) is 4.79 Å². The van der Waals surface area contributed by atoms with Crippen LogP contribution in [-0.2, 0) is 11.2 Å². The van der Waals surface area contributed by atoms with Crippen LogP contribution in [-0.4, -0.2) is 44.0 Å². The number of amides is 2. The van der Waals surface area contributed by atoms with Crippen LogP contribution in [0.5, 0.6) is 0 Å². The Labute approximate surface area is 179 Å². The van der Waals surface area contributed by atoms with Crippen molar-refractivity contribution in [2.45, 2.75) is 32.8 Å². The van der Waals surface area contributed by atoms with Gasteiger partial charge in [0.05, 0.1) is 17.0 Å². The lowest BCUT2D eigenvalue weighted by Gasteiger charge is -2.29. The number of H-pyrrole nitrogens is 1. The average Bonchev–Trinajstić information content (AvgIpc) is 3.07. The number of anilines is 2. The molecule has 0 saturated carbocycles. The maximum absolute atomic E-state index is 13.5. The number of benzene rings is 1. The zero-order chi connectivity index (χ0) is 22.3. The van der Waals surface area contributed by atoms with Crippen molar-refractivity contribution in [3.63, 3.8) is 0 Å². The molecule has 1 aliphatic heterocycles. The number of carbonyl (C=O) groups is 2. The van der Waals surface area contributed by atoms with Crippen molar-refractivity contribution in [1.82, 2.24) is 19.9 Å². The number of aromatic nitrogens is 3. The normalized spacial score (nSPS) is 13.8. The Hall–Kier alpha value is -3.88. The van der Waals surface area contributed by atoms with Gasteiger partial charge < -0.3 is 21.2 Å². The molecule has 5 N–H and O–H groups in total. The number of nitrogens with one attached hydrogen (secondary N) is 1. The minimum absolute atomic E-state index is 0.116. The molecular formula is C22H24N6O3. The number of hydrogen-bond acceptors (Lipinski definition) is 7. The molecule has 2 amide bonds. The van der Waals surface area contributed by atoms with Crippen molar-refractivity contribution < 1.29 is 14.3 Å². The summed E-state index contributed by atoms with van der Waals surface area (Å²) in [4.78, 5) is 38.8. The van der Waals surface area contributed by atoms with E-state index in [4.69, 9.17) is 16.2 Å². The van der Waals surface area contributed by atoms with Crippen molar-refractivity contribution >= 4 is 23.6 Å². The highest BCUT2D eigenvalue weighted by atomic mass is 16.6. The Bertz CT molecular complexity index is 1180. The van der Waals surface area contributed by atoms with Crippen LogP contribution < -0.4 is 11.5 Å². The quantitative estimate of drug-likeness (QED) is 0.541. The summed E-state index contributed by atoms with van der Waals surface area (Å²) in [5.74, 6) is -0.317. The fraction of sp³-hybridized carbons (Fsp3) is 0.273. The van der Waals surface area contributed by atoms with Crippen LogP contribution >= 0.6 is 0 Å². The first-order valence-electron chi connectivity index (χ1n) is 9.88. The first-order valence-corrected chi connectivity index (χ1v) is 9.88. The molecule has 1 aliphatic rings. The lowest BCUT2D eigenvalue weighted by Crippen LogP contribution is -2.44. The molecule has 3 aromatic rings. The highest BCUT2D eigenvalue weighted by Crippen LogP contribution is 2.39. The van der Waals surface area contributed by atoms with Gasteiger partial charge in [0, 0.05) is 36.1 Å². The summed E-state index contributed by atoms with van der Waals surface area (Å²) in [7, 11) is 0. The Balaban J connectivity index is 1.88. The topological polar surface area (TPSA) is 140 Å². The number of aromatic amines is 1. The van der Waals surface area contributed by atoms with E-state index < -0.39 is 17.6 Å². The molecule has 0 radical (unpaired) electrons. The zero-order valence-electron chi connectivity index (χ0n) is 17.6. The predicted molar refractivity (Wildman–Crippen MR) is 117 cm³/mol. The minimum Gasteiger partial charge on any atom is -0.443 e. The van der Waals surface area contributed by atoms with Crippen molar-refractivity contribution in [2.24, 2.45) is 0 Å². The lowest BCUT2D eigenvalue weighted by molar-refractivity contribution is 0.0233. The van der Waals surface area contributed by atoms with Crippen molar-refractivity contribution in [3.8, 4) is 22.5 Å². The van der Waals surface area contributed by atoms with Crippen LogP contribution in [0.2, 0.25) is 0 Å². The Morgan fingerprint density at radius 3 is 2.65 bits per heavy atom. The molecule has 1 aromatic carbocycles. The predicted octanol–water partition coefficient (Wildman–Crippen LogP) is 3.24. The molecule has 0 saturated heterocycles. The smallest absolute Gasteiger partial charge is 0.417 e. The summed E-state index contributed by atoms with van der Waals surface area (Å²) in [6, 6.07) is 8.91. The van der Waals surface area contributed by atoms with Gasteiger partial charge in [-0.05, 0) is 44.5 Å². The van der Waals surface area contributed by atoms with Gasteiger partial charge in [-0.1, -0.05) is 12.1 Å². The third kappa shape index (κ3) is 3.94. The maximum atomic E-state index is 13.5. The van der Waals surface area contributed by atoms with E-state index in [1.807, 2.05) is 6.07 Å². The van der Waals surface area contributed by atoms with Crippen LogP contribution in [0.3, 0.4) is 0 Å².